The van der Waals surface area contributed by atoms with E-state index in [1.165, 1.54) is 24.8 Å². The normalized spacial score (nSPS) is 18.5. The number of hydrogen-bond donors (Lipinski definition) is 2. The molecule has 0 aliphatic heterocycles. The summed E-state index contributed by atoms with van der Waals surface area (Å²) in [6.45, 7) is 1.99. The molecule has 19 heavy (non-hydrogen) atoms. The highest BCUT2D eigenvalue weighted by Gasteiger charge is 2.30. The van der Waals surface area contributed by atoms with Gasteiger partial charge in [-0.1, -0.05) is 52.9 Å². The van der Waals surface area contributed by atoms with Crippen LogP contribution in [0.5, 0.6) is 0 Å². The summed E-state index contributed by atoms with van der Waals surface area (Å²) in [5, 5.41) is 13.9. The molecule has 1 aliphatic carbocycles. The molecule has 0 bridgehead atoms. The van der Waals surface area contributed by atoms with E-state index in [0.29, 0.717) is 6.61 Å². The summed E-state index contributed by atoms with van der Waals surface area (Å²) in [6, 6.07) is 5.86. The number of aliphatic hydroxyl groups is 1. The minimum Gasteiger partial charge on any atom is -0.396 e. The molecule has 1 aromatic carbocycles. The Balaban J connectivity index is 1.88. The van der Waals surface area contributed by atoms with Crippen LogP contribution < -0.4 is 5.32 Å². The number of nitrogens with one attached hydrogen (secondary N) is 1. The molecule has 2 N–H and O–H groups in total. The summed E-state index contributed by atoms with van der Waals surface area (Å²) in [4.78, 5) is 0. The van der Waals surface area contributed by atoms with Gasteiger partial charge in [0.25, 0.3) is 0 Å². The molecule has 0 saturated heterocycles. The molecule has 0 radical (unpaired) electrons. The second kappa shape index (κ2) is 7.07. The third-order valence-corrected chi connectivity index (χ3v) is 5.05. The summed E-state index contributed by atoms with van der Waals surface area (Å²) in [5.74, 6) is 0. The van der Waals surface area contributed by atoms with Crippen molar-refractivity contribution in [2.24, 2.45) is 5.41 Å². The zero-order valence-electron chi connectivity index (χ0n) is 11.1. The van der Waals surface area contributed by atoms with Gasteiger partial charge in [0.05, 0.1) is 0 Å². The summed E-state index contributed by atoms with van der Waals surface area (Å²) >= 11 is 9.46. The molecule has 1 aliphatic rings. The lowest BCUT2D eigenvalue weighted by molar-refractivity contribution is 0.0810. The van der Waals surface area contributed by atoms with E-state index in [1.807, 2.05) is 18.2 Å². The highest BCUT2D eigenvalue weighted by atomic mass is 79.9. The largest absolute Gasteiger partial charge is 0.396 e. The van der Waals surface area contributed by atoms with Crippen LogP contribution in [-0.2, 0) is 6.54 Å². The molecular weight excluding hydrogens is 326 g/mol. The smallest absolute Gasteiger partial charge is 0.0499 e. The molecule has 106 valence electrons. The van der Waals surface area contributed by atoms with E-state index in [-0.39, 0.29) is 5.41 Å². The summed E-state index contributed by atoms with van der Waals surface area (Å²) in [7, 11) is 0. The first kappa shape index (κ1) is 15.3. The molecule has 0 aromatic heterocycles. The Bertz CT molecular complexity index is 419. The lowest BCUT2D eigenvalue weighted by atomic mass is 9.74. The highest BCUT2D eigenvalue weighted by Crippen LogP contribution is 2.35. The fourth-order valence-electron chi connectivity index (χ4n) is 2.82. The second-order valence-corrected chi connectivity index (χ2v) is 6.85. The maximum Gasteiger partial charge on any atom is 0.0499 e. The zero-order chi connectivity index (χ0) is 13.7. The number of benzene rings is 1. The van der Waals surface area contributed by atoms with Gasteiger partial charge < -0.3 is 10.4 Å². The highest BCUT2D eigenvalue weighted by molar-refractivity contribution is 9.10. The van der Waals surface area contributed by atoms with Gasteiger partial charge in [0.1, 0.15) is 0 Å². The van der Waals surface area contributed by atoms with Crippen LogP contribution in [0.1, 0.15) is 37.7 Å². The molecule has 0 atom stereocenters. The fraction of sp³-hybridized carbons (Fsp3) is 0.600. The van der Waals surface area contributed by atoms with Crippen LogP contribution in [0.2, 0.25) is 5.02 Å². The van der Waals surface area contributed by atoms with Gasteiger partial charge in [0, 0.05) is 34.6 Å². The Hall–Kier alpha value is -0.0900. The van der Waals surface area contributed by atoms with Gasteiger partial charge in [-0.25, -0.2) is 0 Å². The number of hydrogen-bond acceptors (Lipinski definition) is 2. The summed E-state index contributed by atoms with van der Waals surface area (Å²) in [5.41, 5.74) is 1.30. The molecule has 1 fully saturated rings. The first-order valence-corrected chi connectivity index (χ1v) is 8.08. The molecule has 2 rings (SSSR count). The average Bonchev–Trinajstić information content (AvgIpc) is 2.42. The van der Waals surface area contributed by atoms with Crippen molar-refractivity contribution >= 4 is 27.5 Å². The van der Waals surface area contributed by atoms with Crippen LogP contribution in [0.4, 0.5) is 0 Å². The second-order valence-electron chi connectivity index (χ2n) is 5.56. The predicted octanol–water partition coefficient (Wildman–Crippen LogP) is 4.13. The van der Waals surface area contributed by atoms with Crippen molar-refractivity contribution < 1.29 is 5.11 Å². The Morgan fingerprint density at radius 2 is 2.00 bits per heavy atom. The van der Waals surface area contributed by atoms with Gasteiger partial charge in [-0.05, 0) is 30.5 Å². The first-order valence-electron chi connectivity index (χ1n) is 6.91. The maximum atomic E-state index is 9.66. The quantitative estimate of drug-likeness (QED) is 0.840. The first-order chi connectivity index (χ1) is 9.15. The van der Waals surface area contributed by atoms with Crippen molar-refractivity contribution in [3.63, 3.8) is 0 Å². The van der Waals surface area contributed by atoms with E-state index >= 15 is 0 Å². The molecule has 4 heteroatoms. The zero-order valence-corrected chi connectivity index (χ0v) is 13.4. The van der Waals surface area contributed by atoms with Crippen molar-refractivity contribution in [1.29, 1.82) is 0 Å². The fourth-order valence-corrected chi connectivity index (χ4v) is 3.64. The third kappa shape index (κ3) is 4.19. The van der Waals surface area contributed by atoms with E-state index in [1.54, 1.807) is 0 Å². The number of rotatable bonds is 5. The van der Waals surface area contributed by atoms with E-state index in [9.17, 15) is 5.11 Å². The van der Waals surface area contributed by atoms with Gasteiger partial charge >= 0.3 is 0 Å². The standard InChI is InChI=1S/C15H21BrClNO/c16-14-8-13(17)5-4-12(14)9-18-10-15(11-19)6-2-1-3-7-15/h4-5,8,18-19H,1-3,6-7,9-11H2. The van der Waals surface area contributed by atoms with E-state index in [4.69, 9.17) is 11.6 Å². The molecule has 0 spiro atoms. The van der Waals surface area contributed by atoms with E-state index in [0.717, 1.165) is 35.4 Å². The van der Waals surface area contributed by atoms with Crippen LogP contribution in [0.3, 0.4) is 0 Å². The number of aliphatic hydroxyl groups excluding tert-OH is 1. The monoisotopic (exact) mass is 345 g/mol. The van der Waals surface area contributed by atoms with Crippen LogP contribution in [0.25, 0.3) is 0 Å². The summed E-state index contributed by atoms with van der Waals surface area (Å²) in [6.07, 6.45) is 6.07. The van der Waals surface area contributed by atoms with E-state index in [2.05, 4.69) is 21.2 Å². The minimum absolute atomic E-state index is 0.0944. The molecule has 1 aromatic rings. The molecule has 1 saturated carbocycles. The predicted molar refractivity (Wildman–Crippen MR) is 83.5 cm³/mol. The van der Waals surface area contributed by atoms with Gasteiger partial charge in [0.2, 0.25) is 0 Å². The van der Waals surface area contributed by atoms with Crippen LogP contribution >= 0.6 is 27.5 Å². The van der Waals surface area contributed by atoms with Crippen molar-refractivity contribution in [2.45, 2.75) is 38.6 Å². The Morgan fingerprint density at radius 3 is 2.63 bits per heavy atom. The van der Waals surface area contributed by atoms with Crippen molar-refractivity contribution in [3.8, 4) is 0 Å². The molecule has 2 nitrogen and oxygen atoms in total. The minimum atomic E-state index is 0.0944. The average molecular weight is 347 g/mol. The lowest BCUT2D eigenvalue weighted by Gasteiger charge is -2.35. The topological polar surface area (TPSA) is 32.3 Å². The third-order valence-electron chi connectivity index (χ3n) is 4.08. The molecular formula is C15H21BrClNO. The van der Waals surface area contributed by atoms with Crippen molar-refractivity contribution in [2.75, 3.05) is 13.2 Å². The van der Waals surface area contributed by atoms with Crippen LogP contribution in [0, 0.1) is 5.41 Å². The Kier molecular flexibility index (Phi) is 5.70. The van der Waals surface area contributed by atoms with Gasteiger partial charge in [0.15, 0.2) is 0 Å². The van der Waals surface area contributed by atoms with Gasteiger partial charge in [-0.3, -0.25) is 0 Å². The Labute approximate surface area is 128 Å². The SMILES string of the molecule is OCC1(CNCc2ccc(Cl)cc2Br)CCCCC1. The van der Waals surface area contributed by atoms with Gasteiger partial charge in [-0.15, -0.1) is 0 Å². The van der Waals surface area contributed by atoms with Crippen molar-refractivity contribution in [3.05, 3.63) is 33.3 Å². The van der Waals surface area contributed by atoms with Crippen molar-refractivity contribution in [1.82, 2.24) is 5.32 Å². The maximum absolute atomic E-state index is 9.66. The summed E-state index contributed by atoms with van der Waals surface area (Å²) < 4.78 is 1.04. The number of halogens is 2. The van der Waals surface area contributed by atoms with Crippen LogP contribution in [0.15, 0.2) is 22.7 Å². The molecule has 0 amide bonds. The van der Waals surface area contributed by atoms with Gasteiger partial charge in [-0.2, -0.15) is 0 Å². The molecule has 0 heterocycles. The lowest BCUT2D eigenvalue weighted by Crippen LogP contribution is -2.38. The van der Waals surface area contributed by atoms with Crippen LogP contribution in [-0.4, -0.2) is 18.3 Å². The molecule has 0 unspecified atom stereocenters. The Morgan fingerprint density at radius 1 is 1.26 bits per heavy atom. The van der Waals surface area contributed by atoms with E-state index < -0.39 is 0 Å².